The number of thiophene rings is 1. The van der Waals surface area contributed by atoms with Crippen molar-refractivity contribution in [1.29, 1.82) is 0 Å². The molecule has 0 amide bonds. The summed E-state index contributed by atoms with van der Waals surface area (Å²) < 4.78 is 3.25. The van der Waals surface area contributed by atoms with Gasteiger partial charge in [-0.1, -0.05) is 18.2 Å². The Labute approximate surface area is 119 Å². The molecule has 0 aliphatic rings. The molecule has 4 nitrogen and oxygen atoms in total. The van der Waals surface area contributed by atoms with Crippen molar-refractivity contribution in [3.05, 3.63) is 57.1 Å². The van der Waals surface area contributed by atoms with E-state index in [1.165, 1.54) is 11.3 Å². The van der Waals surface area contributed by atoms with E-state index in [0.29, 0.717) is 11.4 Å². The van der Waals surface area contributed by atoms with Crippen molar-refractivity contribution in [1.82, 2.24) is 9.13 Å². The van der Waals surface area contributed by atoms with Gasteiger partial charge in [-0.3, -0.25) is 13.9 Å². The fourth-order valence-electron chi connectivity index (χ4n) is 2.39. The van der Waals surface area contributed by atoms with Crippen LogP contribution < -0.4 is 5.69 Å². The molecule has 0 N–H and O–H groups in total. The van der Waals surface area contributed by atoms with Crippen molar-refractivity contribution >= 4 is 28.2 Å². The van der Waals surface area contributed by atoms with E-state index in [9.17, 15) is 9.59 Å². The number of ketones is 1. The van der Waals surface area contributed by atoms with Crippen LogP contribution in [0.15, 0.2) is 46.6 Å². The van der Waals surface area contributed by atoms with Crippen molar-refractivity contribution in [2.24, 2.45) is 0 Å². The number of aromatic nitrogens is 2. The molecule has 0 fully saturated rings. The van der Waals surface area contributed by atoms with Gasteiger partial charge in [-0.05, 0) is 30.5 Å². The standard InChI is InChI=1S/C15H14N2O2S/c1-2-16-11-6-3-4-7-12(11)17(15(16)19)10-13(18)14-8-5-9-20-14/h3-9H,2,10H2,1H3. The van der Waals surface area contributed by atoms with Crippen molar-refractivity contribution < 1.29 is 4.79 Å². The highest BCUT2D eigenvalue weighted by molar-refractivity contribution is 7.12. The summed E-state index contributed by atoms with van der Waals surface area (Å²) >= 11 is 1.40. The highest BCUT2D eigenvalue weighted by Gasteiger charge is 2.15. The third kappa shape index (κ3) is 2.00. The summed E-state index contributed by atoms with van der Waals surface area (Å²) in [5.41, 5.74) is 1.56. The predicted octanol–water partition coefficient (Wildman–Crippen LogP) is 2.77. The molecular weight excluding hydrogens is 272 g/mol. The first-order chi connectivity index (χ1) is 9.72. The second-order valence-corrected chi connectivity index (χ2v) is 5.45. The van der Waals surface area contributed by atoms with Crippen molar-refractivity contribution in [3.8, 4) is 0 Å². The predicted molar refractivity (Wildman–Crippen MR) is 80.5 cm³/mol. The summed E-state index contributed by atoms with van der Waals surface area (Å²) in [7, 11) is 0. The Bertz CT molecular complexity index is 812. The molecule has 0 unspecified atom stereocenters. The highest BCUT2D eigenvalue weighted by Crippen LogP contribution is 2.15. The van der Waals surface area contributed by atoms with Gasteiger partial charge < -0.3 is 0 Å². The molecule has 2 aromatic heterocycles. The number of imidazole rings is 1. The van der Waals surface area contributed by atoms with Gasteiger partial charge in [-0.15, -0.1) is 11.3 Å². The van der Waals surface area contributed by atoms with E-state index in [1.54, 1.807) is 15.2 Å². The number of Topliss-reactive ketones (excluding diaryl/α,β-unsaturated/α-hetero) is 1. The number of carbonyl (C=O) groups is 1. The van der Waals surface area contributed by atoms with Crippen LogP contribution in [0.2, 0.25) is 0 Å². The minimum atomic E-state index is -0.126. The fourth-order valence-corrected chi connectivity index (χ4v) is 3.05. The lowest BCUT2D eigenvalue weighted by Crippen LogP contribution is -2.26. The zero-order chi connectivity index (χ0) is 14.1. The minimum Gasteiger partial charge on any atom is -0.292 e. The maximum atomic E-state index is 12.4. The van der Waals surface area contributed by atoms with Crippen molar-refractivity contribution in [2.75, 3.05) is 0 Å². The molecule has 0 radical (unpaired) electrons. The molecule has 0 saturated heterocycles. The molecule has 2 heterocycles. The third-order valence-corrected chi connectivity index (χ3v) is 4.25. The summed E-state index contributed by atoms with van der Waals surface area (Å²) in [6.07, 6.45) is 0. The Hall–Kier alpha value is -2.14. The highest BCUT2D eigenvalue weighted by atomic mass is 32.1. The van der Waals surface area contributed by atoms with Gasteiger partial charge in [-0.2, -0.15) is 0 Å². The topological polar surface area (TPSA) is 44.0 Å². The molecule has 0 bridgehead atoms. The Morgan fingerprint density at radius 3 is 2.40 bits per heavy atom. The van der Waals surface area contributed by atoms with E-state index >= 15 is 0 Å². The maximum absolute atomic E-state index is 12.4. The van der Waals surface area contributed by atoms with E-state index in [1.807, 2.05) is 42.6 Å². The van der Waals surface area contributed by atoms with Gasteiger partial charge in [0.25, 0.3) is 0 Å². The van der Waals surface area contributed by atoms with E-state index < -0.39 is 0 Å². The Morgan fingerprint density at radius 1 is 1.10 bits per heavy atom. The molecule has 0 aliphatic heterocycles. The minimum absolute atomic E-state index is 0.0268. The monoisotopic (exact) mass is 286 g/mol. The van der Waals surface area contributed by atoms with Gasteiger partial charge >= 0.3 is 5.69 Å². The number of benzene rings is 1. The zero-order valence-corrected chi connectivity index (χ0v) is 11.9. The van der Waals surface area contributed by atoms with Crippen LogP contribution in [0.5, 0.6) is 0 Å². The van der Waals surface area contributed by atoms with Crippen LogP contribution in [0.3, 0.4) is 0 Å². The van der Waals surface area contributed by atoms with E-state index in [0.717, 1.165) is 11.0 Å². The van der Waals surface area contributed by atoms with Crippen LogP contribution in [0, 0.1) is 0 Å². The second-order valence-electron chi connectivity index (χ2n) is 4.50. The molecule has 3 rings (SSSR count). The summed E-state index contributed by atoms with van der Waals surface area (Å²) in [5, 5.41) is 1.87. The van der Waals surface area contributed by atoms with E-state index in [-0.39, 0.29) is 18.0 Å². The first-order valence-corrected chi connectivity index (χ1v) is 7.35. The van der Waals surface area contributed by atoms with Gasteiger partial charge in [0.05, 0.1) is 22.5 Å². The summed E-state index contributed by atoms with van der Waals surface area (Å²) in [4.78, 5) is 25.3. The quantitative estimate of drug-likeness (QED) is 0.692. The largest absolute Gasteiger partial charge is 0.329 e. The lowest BCUT2D eigenvalue weighted by Gasteiger charge is -2.00. The van der Waals surface area contributed by atoms with Gasteiger partial charge in [0.15, 0.2) is 5.78 Å². The number of rotatable bonds is 4. The lowest BCUT2D eigenvalue weighted by molar-refractivity contribution is 0.0976. The number of para-hydroxylation sites is 2. The first-order valence-electron chi connectivity index (χ1n) is 6.47. The number of carbonyl (C=O) groups excluding carboxylic acids is 1. The average molecular weight is 286 g/mol. The summed E-state index contributed by atoms with van der Waals surface area (Å²) in [6, 6.07) is 11.2. The summed E-state index contributed by atoms with van der Waals surface area (Å²) in [6.45, 7) is 2.62. The third-order valence-electron chi connectivity index (χ3n) is 3.34. The number of hydrogen-bond donors (Lipinski definition) is 0. The van der Waals surface area contributed by atoms with Crippen LogP contribution in [0.1, 0.15) is 16.6 Å². The van der Waals surface area contributed by atoms with Crippen molar-refractivity contribution in [3.63, 3.8) is 0 Å². The van der Waals surface area contributed by atoms with E-state index in [2.05, 4.69) is 0 Å². The van der Waals surface area contributed by atoms with Gasteiger partial charge in [0.1, 0.15) is 0 Å². The molecule has 3 aromatic rings. The number of fused-ring (bicyclic) bond motifs is 1. The van der Waals surface area contributed by atoms with Crippen LogP contribution >= 0.6 is 11.3 Å². The van der Waals surface area contributed by atoms with Crippen LogP contribution in [-0.4, -0.2) is 14.9 Å². The van der Waals surface area contributed by atoms with Crippen LogP contribution in [0.4, 0.5) is 0 Å². The van der Waals surface area contributed by atoms with Gasteiger partial charge in [0.2, 0.25) is 0 Å². The molecule has 20 heavy (non-hydrogen) atoms. The molecule has 102 valence electrons. The Kier molecular flexibility index (Phi) is 3.28. The molecule has 0 spiro atoms. The second kappa shape index (κ2) is 5.09. The van der Waals surface area contributed by atoms with Crippen molar-refractivity contribution in [2.45, 2.75) is 20.0 Å². The SMILES string of the molecule is CCn1c(=O)n(CC(=O)c2cccs2)c2ccccc21. The fraction of sp³-hybridized carbons (Fsp3) is 0.200. The smallest absolute Gasteiger partial charge is 0.292 e. The van der Waals surface area contributed by atoms with Gasteiger partial charge in [0, 0.05) is 6.54 Å². The Morgan fingerprint density at radius 2 is 1.80 bits per heavy atom. The van der Waals surface area contributed by atoms with E-state index in [4.69, 9.17) is 0 Å². The number of aryl methyl sites for hydroxylation is 1. The molecule has 0 saturated carbocycles. The van der Waals surface area contributed by atoms with Crippen LogP contribution in [0.25, 0.3) is 11.0 Å². The lowest BCUT2D eigenvalue weighted by atomic mass is 10.3. The van der Waals surface area contributed by atoms with Crippen LogP contribution in [-0.2, 0) is 13.1 Å². The molecule has 0 atom stereocenters. The first kappa shape index (κ1) is 12.9. The Balaban J connectivity index is 2.10. The summed E-state index contributed by atoms with van der Waals surface area (Å²) in [5.74, 6) is -0.0268. The molecular formula is C15H14N2O2S. The van der Waals surface area contributed by atoms with Gasteiger partial charge in [-0.25, -0.2) is 4.79 Å². The number of hydrogen-bond acceptors (Lipinski definition) is 3. The average Bonchev–Trinajstić information content (AvgIpc) is 3.07. The molecule has 1 aromatic carbocycles. The number of nitrogens with zero attached hydrogens (tertiary/aromatic N) is 2. The molecule has 0 aliphatic carbocycles. The maximum Gasteiger partial charge on any atom is 0.329 e. The molecule has 5 heteroatoms. The normalized spacial score (nSPS) is 11.1. The zero-order valence-electron chi connectivity index (χ0n) is 11.1.